The van der Waals surface area contributed by atoms with E-state index in [-0.39, 0.29) is 18.2 Å². The maximum absolute atomic E-state index is 14.1. The molecule has 179 valence electrons. The fourth-order valence-corrected chi connectivity index (χ4v) is 2.56. The van der Waals surface area contributed by atoms with Crippen LogP contribution >= 0.6 is 0 Å². The summed E-state index contributed by atoms with van der Waals surface area (Å²) in [6, 6.07) is -0.852. The van der Waals surface area contributed by atoms with E-state index in [4.69, 9.17) is 0 Å². The third-order valence-electron chi connectivity index (χ3n) is 4.16. The van der Waals surface area contributed by atoms with Crippen LogP contribution in [0.1, 0.15) is 42.6 Å². The molecule has 1 aromatic rings. The second-order valence-corrected chi connectivity index (χ2v) is 6.34. The Labute approximate surface area is 164 Å². The van der Waals surface area contributed by atoms with E-state index in [9.17, 15) is 66.6 Å². The van der Waals surface area contributed by atoms with E-state index in [1.807, 2.05) is 0 Å². The van der Waals surface area contributed by atoms with E-state index in [0.29, 0.717) is 0 Å². The van der Waals surface area contributed by atoms with Crippen molar-refractivity contribution in [1.29, 1.82) is 0 Å². The molecule has 0 amide bonds. The van der Waals surface area contributed by atoms with Crippen LogP contribution in [0, 0.1) is 0 Å². The maximum atomic E-state index is 14.1. The van der Waals surface area contributed by atoms with Crippen molar-refractivity contribution in [2.75, 3.05) is 0 Å². The van der Waals surface area contributed by atoms with E-state index in [0.717, 1.165) is 6.92 Å². The van der Waals surface area contributed by atoms with Crippen LogP contribution < -0.4 is 0 Å². The van der Waals surface area contributed by atoms with Crippen molar-refractivity contribution in [3.05, 3.63) is 34.9 Å². The van der Waals surface area contributed by atoms with Crippen molar-refractivity contribution in [3.8, 4) is 0 Å². The first kappa shape index (κ1) is 27.2. The zero-order valence-electron chi connectivity index (χ0n) is 14.9. The molecular weight excluding hydrogens is 474 g/mol. The van der Waals surface area contributed by atoms with Gasteiger partial charge in [0.05, 0.1) is 0 Å². The molecular formula is C16H11F14O. The van der Waals surface area contributed by atoms with Crippen LogP contribution in [-0.2, 0) is 17.0 Å². The monoisotopic (exact) mass is 485 g/mol. The fraction of sp³-hybridized carbons (Fsp3) is 0.625. The van der Waals surface area contributed by atoms with Crippen LogP contribution in [0.15, 0.2) is 18.2 Å². The first-order valence-corrected chi connectivity index (χ1v) is 8.03. The summed E-state index contributed by atoms with van der Waals surface area (Å²) in [5, 5.41) is 12.1. The quantitative estimate of drug-likeness (QED) is 0.356. The fourth-order valence-electron chi connectivity index (χ4n) is 2.56. The summed E-state index contributed by atoms with van der Waals surface area (Å²) in [4.78, 5) is 0. The van der Waals surface area contributed by atoms with Crippen LogP contribution in [-0.4, -0.2) is 24.2 Å². The van der Waals surface area contributed by atoms with Gasteiger partial charge >= 0.3 is 36.0 Å². The van der Waals surface area contributed by atoms with E-state index >= 15 is 0 Å². The van der Waals surface area contributed by atoms with E-state index in [2.05, 4.69) is 0 Å². The van der Waals surface area contributed by atoms with Crippen molar-refractivity contribution in [2.24, 2.45) is 0 Å². The predicted molar refractivity (Wildman–Crippen MR) is 74.6 cm³/mol. The second-order valence-electron chi connectivity index (χ2n) is 6.34. The molecule has 1 radical (unpaired) electrons. The summed E-state index contributed by atoms with van der Waals surface area (Å²) in [6.07, 6.45) is -18.5. The molecule has 0 N–H and O–H groups in total. The SMILES string of the molecule is CCCC([O])c1c(C(F)(F)C(F)(F)C(F)(F)F)cccc1C(F)(F)C(F)(F)C(F)(F)F. The van der Waals surface area contributed by atoms with Gasteiger partial charge in [0.25, 0.3) is 0 Å². The third kappa shape index (κ3) is 4.29. The Morgan fingerprint density at radius 1 is 0.677 bits per heavy atom. The predicted octanol–water partition coefficient (Wildman–Crippen LogP) is 7.54. The Morgan fingerprint density at radius 3 is 1.26 bits per heavy atom. The van der Waals surface area contributed by atoms with Gasteiger partial charge in [0.2, 0.25) is 0 Å². The van der Waals surface area contributed by atoms with Gasteiger partial charge in [-0.15, -0.1) is 0 Å². The van der Waals surface area contributed by atoms with Gasteiger partial charge in [0, 0.05) is 16.7 Å². The molecule has 15 heteroatoms. The minimum Gasteiger partial charge on any atom is -0.228 e. The molecule has 0 aliphatic heterocycles. The van der Waals surface area contributed by atoms with Gasteiger partial charge in [-0.25, -0.2) is 5.11 Å². The topological polar surface area (TPSA) is 19.9 Å². The summed E-state index contributed by atoms with van der Waals surface area (Å²) in [5.41, 5.74) is -7.87. The summed E-state index contributed by atoms with van der Waals surface area (Å²) in [7, 11) is 0. The maximum Gasteiger partial charge on any atom is 0.460 e. The van der Waals surface area contributed by atoms with E-state index < -0.39 is 71.7 Å². The summed E-state index contributed by atoms with van der Waals surface area (Å²) in [6.45, 7) is 1.10. The van der Waals surface area contributed by atoms with Crippen LogP contribution in [0.2, 0.25) is 0 Å². The Bertz CT molecular complexity index is 721. The van der Waals surface area contributed by atoms with Crippen molar-refractivity contribution in [2.45, 2.75) is 61.9 Å². The number of hydrogen-bond donors (Lipinski definition) is 0. The van der Waals surface area contributed by atoms with Gasteiger partial charge < -0.3 is 0 Å². The third-order valence-corrected chi connectivity index (χ3v) is 4.16. The average Bonchev–Trinajstić information content (AvgIpc) is 2.58. The average molecular weight is 485 g/mol. The van der Waals surface area contributed by atoms with Crippen molar-refractivity contribution in [1.82, 2.24) is 0 Å². The van der Waals surface area contributed by atoms with Crippen LogP contribution in [0.25, 0.3) is 0 Å². The number of alkyl halides is 14. The van der Waals surface area contributed by atoms with Crippen LogP contribution in [0.5, 0.6) is 0 Å². The molecule has 0 saturated heterocycles. The first-order chi connectivity index (χ1) is 13.6. The molecule has 0 spiro atoms. The highest BCUT2D eigenvalue weighted by Crippen LogP contribution is 2.57. The Kier molecular flexibility index (Phi) is 6.99. The van der Waals surface area contributed by atoms with Gasteiger partial charge in [0.1, 0.15) is 6.10 Å². The second kappa shape index (κ2) is 7.96. The lowest BCUT2D eigenvalue weighted by molar-refractivity contribution is -0.361. The lowest BCUT2D eigenvalue weighted by Gasteiger charge is -2.34. The Balaban J connectivity index is 4.01. The lowest BCUT2D eigenvalue weighted by atomic mass is 9.85. The molecule has 0 heterocycles. The normalized spacial score (nSPS) is 15.9. The molecule has 1 atom stereocenters. The zero-order valence-corrected chi connectivity index (χ0v) is 14.9. The summed E-state index contributed by atoms with van der Waals surface area (Å²) in [5.74, 6) is -26.9. The van der Waals surface area contributed by atoms with Crippen molar-refractivity contribution < 1.29 is 66.6 Å². The molecule has 0 saturated carbocycles. The largest absolute Gasteiger partial charge is 0.460 e. The minimum atomic E-state index is -6.99. The standard InChI is InChI=1S/C16H11F14O/c1-2-4-9(31)10-7(11(17,18)13(21,22)15(25,26)27)5-3-6-8(10)12(19,20)14(23,24)16(28,29)30/h3,5-6,9H,2,4H2,1H3. The summed E-state index contributed by atoms with van der Waals surface area (Å²) < 4.78 is 185. The highest BCUT2D eigenvalue weighted by atomic mass is 19.4. The number of rotatable bonds is 7. The molecule has 0 aliphatic carbocycles. The zero-order chi connectivity index (χ0) is 24.8. The molecule has 0 bridgehead atoms. The van der Waals surface area contributed by atoms with Crippen molar-refractivity contribution >= 4 is 0 Å². The Morgan fingerprint density at radius 2 is 1.00 bits per heavy atom. The highest BCUT2D eigenvalue weighted by molar-refractivity contribution is 5.44. The first-order valence-electron chi connectivity index (χ1n) is 8.03. The molecule has 1 rings (SSSR count). The van der Waals surface area contributed by atoms with Crippen molar-refractivity contribution in [3.63, 3.8) is 0 Å². The molecule has 31 heavy (non-hydrogen) atoms. The molecule has 1 nitrogen and oxygen atoms in total. The van der Waals surface area contributed by atoms with E-state index in [1.165, 1.54) is 0 Å². The Hall–Kier alpha value is -1.80. The molecule has 1 unspecified atom stereocenters. The smallest absolute Gasteiger partial charge is 0.228 e. The molecule has 0 aromatic heterocycles. The van der Waals surface area contributed by atoms with Crippen LogP contribution in [0.4, 0.5) is 61.5 Å². The van der Waals surface area contributed by atoms with Gasteiger partial charge in [0.15, 0.2) is 0 Å². The highest BCUT2D eigenvalue weighted by Gasteiger charge is 2.76. The number of hydrogen-bond acceptors (Lipinski definition) is 0. The number of benzene rings is 1. The van der Waals surface area contributed by atoms with E-state index in [1.54, 1.807) is 0 Å². The molecule has 0 fully saturated rings. The minimum absolute atomic E-state index is 0.159. The summed E-state index contributed by atoms with van der Waals surface area (Å²) >= 11 is 0. The molecule has 1 aromatic carbocycles. The van der Waals surface area contributed by atoms with Gasteiger partial charge in [-0.3, -0.25) is 0 Å². The molecule has 0 aliphatic rings. The number of halogens is 14. The van der Waals surface area contributed by atoms with Gasteiger partial charge in [-0.05, 0) is 6.42 Å². The van der Waals surface area contributed by atoms with Gasteiger partial charge in [-0.2, -0.15) is 61.5 Å². The van der Waals surface area contributed by atoms with Crippen LogP contribution in [0.3, 0.4) is 0 Å². The van der Waals surface area contributed by atoms with Gasteiger partial charge in [-0.1, -0.05) is 31.5 Å². The lowest BCUT2D eigenvalue weighted by Crippen LogP contribution is -2.52.